The molecule has 18 heavy (non-hydrogen) atoms. The van der Waals surface area contributed by atoms with E-state index in [-0.39, 0.29) is 10.9 Å². The molecule has 1 amide bonds. The van der Waals surface area contributed by atoms with Gasteiger partial charge in [-0.1, -0.05) is 11.6 Å². The molecule has 0 bridgehead atoms. The van der Waals surface area contributed by atoms with Crippen LogP contribution in [-0.4, -0.2) is 27.2 Å². The summed E-state index contributed by atoms with van der Waals surface area (Å²) in [6.45, 7) is 1.06. The fourth-order valence-corrected chi connectivity index (χ4v) is 2.24. The second kappa shape index (κ2) is 4.06. The molecule has 3 rings (SSSR count). The molecule has 0 fully saturated rings. The molecular weight excluding hydrogens is 259 g/mol. The Morgan fingerprint density at radius 3 is 3.06 bits per heavy atom. The largest absolute Gasteiger partial charge is 0.349 e. The Bertz CT molecular complexity index is 640. The predicted molar refractivity (Wildman–Crippen MR) is 62.8 cm³/mol. The van der Waals surface area contributed by atoms with Gasteiger partial charge < -0.3 is 5.32 Å². The molecule has 7 heteroatoms. The third-order valence-corrected chi connectivity index (χ3v) is 3.08. The monoisotopic (exact) mass is 266 g/mol. The molecule has 92 valence electrons. The number of rotatable bonds is 1. The van der Waals surface area contributed by atoms with E-state index in [9.17, 15) is 9.18 Å². The fourth-order valence-electron chi connectivity index (χ4n) is 1.91. The Hall–Kier alpha value is -1.95. The number of nitrogens with zero attached hydrogens (tertiary/aromatic N) is 3. The van der Waals surface area contributed by atoms with E-state index in [1.807, 2.05) is 0 Å². The van der Waals surface area contributed by atoms with Crippen molar-refractivity contribution in [3.05, 3.63) is 35.0 Å². The number of hydrogen-bond donors (Lipinski definition) is 1. The number of fused-ring (bicyclic) bond motifs is 1. The Kier molecular flexibility index (Phi) is 2.52. The Morgan fingerprint density at radius 2 is 2.33 bits per heavy atom. The van der Waals surface area contributed by atoms with Crippen molar-refractivity contribution in [3.8, 4) is 11.3 Å². The Morgan fingerprint density at radius 1 is 1.50 bits per heavy atom. The summed E-state index contributed by atoms with van der Waals surface area (Å²) in [5, 5.41) is 7.16. The number of halogens is 2. The molecule has 0 unspecified atom stereocenters. The van der Waals surface area contributed by atoms with Gasteiger partial charge in [0.1, 0.15) is 11.4 Å². The van der Waals surface area contributed by atoms with Gasteiger partial charge in [-0.2, -0.15) is 9.49 Å². The second-order valence-corrected chi connectivity index (χ2v) is 4.24. The van der Waals surface area contributed by atoms with Gasteiger partial charge in [-0.25, -0.2) is 4.98 Å². The minimum absolute atomic E-state index is 0.234. The minimum Gasteiger partial charge on any atom is -0.349 e. The first-order valence-corrected chi connectivity index (χ1v) is 5.71. The van der Waals surface area contributed by atoms with E-state index >= 15 is 0 Å². The molecule has 0 aromatic carbocycles. The van der Waals surface area contributed by atoms with Crippen molar-refractivity contribution in [3.63, 3.8) is 0 Å². The van der Waals surface area contributed by atoms with Crippen LogP contribution in [0.15, 0.2) is 18.3 Å². The highest BCUT2D eigenvalue weighted by atomic mass is 35.5. The van der Waals surface area contributed by atoms with E-state index < -0.39 is 5.95 Å². The van der Waals surface area contributed by atoms with Crippen LogP contribution < -0.4 is 5.32 Å². The summed E-state index contributed by atoms with van der Waals surface area (Å²) in [5.41, 5.74) is 1.21. The van der Waals surface area contributed by atoms with Gasteiger partial charge in [-0.3, -0.25) is 9.48 Å². The zero-order chi connectivity index (χ0) is 12.7. The average molecular weight is 267 g/mol. The molecule has 2 aromatic rings. The normalized spacial score (nSPS) is 14.2. The van der Waals surface area contributed by atoms with Crippen molar-refractivity contribution in [2.24, 2.45) is 0 Å². The molecule has 5 nitrogen and oxygen atoms in total. The smallest absolute Gasteiger partial charge is 0.271 e. The average Bonchev–Trinajstić information content (AvgIpc) is 2.68. The lowest BCUT2D eigenvalue weighted by molar-refractivity contribution is 0.0924. The van der Waals surface area contributed by atoms with Gasteiger partial charge in [-0.15, -0.1) is 0 Å². The number of aromatic nitrogens is 3. The zero-order valence-corrected chi connectivity index (χ0v) is 9.91. The SMILES string of the molecule is O=C1NCCn2nc(-c3ccnc(F)c3)c(Cl)c21. The first-order chi connectivity index (χ1) is 8.66. The van der Waals surface area contributed by atoms with Crippen LogP contribution >= 0.6 is 11.6 Å². The number of nitrogens with one attached hydrogen (secondary N) is 1. The third-order valence-electron chi connectivity index (χ3n) is 2.72. The van der Waals surface area contributed by atoms with Crippen LogP contribution in [0.25, 0.3) is 11.3 Å². The van der Waals surface area contributed by atoms with E-state index in [2.05, 4.69) is 15.4 Å². The number of amides is 1. The first-order valence-electron chi connectivity index (χ1n) is 5.33. The Labute approximate surface area is 107 Å². The van der Waals surface area contributed by atoms with Crippen molar-refractivity contribution in [1.29, 1.82) is 0 Å². The van der Waals surface area contributed by atoms with Crippen LogP contribution in [0, 0.1) is 5.95 Å². The number of carbonyl (C=O) groups is 1. The Balaban J connectivity index is 2.17. The number of pyridine rings is 1. The topological polar surface area (TPSA) is 59.8 Å². The van der Waals surface area contributed by atoms with Crippen LogP contribution in [0.1, 0.15) is 10.5 Å². The molecular formula is C11H8ClFN4O. The molecule has 0 radical (unpaired) electrons. The maximum Gasteiger partial charge on any atom is 0.271 e. The first kappa shape index (κ1) is 11.2. The van der Waals surface area contributed by atoms with Gasteiger partial charge in [0, 0.05) is 24.4 Å². The van der Waals surface area contributed by atoms with Crippen LogP contribution in [0.4, 0.5) is 4.39 Å². The second-order valence-electron chi connectivity index (χ2n) is 3.86. The van der Waals surface area contributed by atoms with E-state index in [1.54, 1.807) is 6.07 Å². The van der Waals surface area contributed by atoms with Crippen molar-refractivity contribution < 1.29 is 9.18 Å². The molecule has 0 spiro atoms. The van der Waals surface area contributed by atoms with Crippen molar-refractivity contribution in [2.45, 2.75) is 6.54 Å². The van der Waals surface area contributed by atoms with Gasteiger partial charge in [0.05, 0.1) is 11.6 Å². The molecule has 0 saturated carbocycles. The minimum atomic E-state index is -0.612. The van der Waals surface area contributed by atoms with Gasteiger partial charge in [-0.05, 0) is 6.07 Å². The lowest BCUT2D eigenvalue weighted by Gasteiger charge is -2.13. The fraction of sp³-hybridized carbons (Fsp3) is 0.182. The predicted octanol–water partition coefficient (Wildman–Crippen LogP) is 1.48. The lowest BCUT2D eigenvalue weighted by Crippen LogP contribution is -2.35. The van der Waals surface area contributed by atoms with Crippen molar-refractivity contribution in [2.75, 3.05) is 6.54 Å². The third kappa shape index (κ3) is 1.65. The van der Waals surface area contributed by atoms with Crippen LogP contribution in [0.5, 0.6) is 0 Å². The summed E-state index contributed by atoms with van der Waals surface area (Å²) in [6.07, 6.45) is 1.33. The van der Waals surface area contributed by atoms with Crippen LogP contribution in [-0.2, 0) is 6.54 Å². The zero-order valence-electron chi connectivity index (χ0n) is 9.15. The summed E-state index contributed by atoms with van der Waals surface area (Å²) in [4.78, 5) is 15.1. The van der Waals surface area contributed by atoms with Crippen LogP contribution in [0.2, 0.25) is 5.02 Å². The maximum atomic E-state index is 13.1. The number of carbonyl (C=O) groups excluding carboxylic acids is 1. The molecule has 1 N–H and O–H groups in total. The molecule has 3 heterocycles. The highest BCUT2D eigenvalue weighted by molar-refractivity contribution is 6.36. The van der Waals surface area contributed by atoms with Crippen LogP contribution in [0.3, 0.4) is 0 Å². The summed E-state index contributed by atoms with van der Waals surface area (Å²) < 4.78 is 14.6. The number of hydrogen-bond acceptors (Lipinski definition) is 3. The summed E-state index contributed by atoms with van der Waals surface area (Å²) in [6, 6.07) is 2.83. The quantitative estimate of drug-likeness (QED) is 0.796. The van der Waals surface area contributed by atoms with E-state index in [0.29, 0.717) is 30.0 Å². The van der Waals surface area contributed by atoms with Gasteiger partial charge in [0.15, 0.2) is 0 Å². The molecule has 0 atom stereocenters. The molecule has 0 aliphatic carbocycles. The summed E-state index contributed by atoms with van der Waals surface area (Å²) in [5.74, 6) is -0.876. The molecule has 1 aliphatic rings. The van der Waals surface area contributed by atoms with Gasteiger partial charge in [0.2, 0.25) is 5.95 Å². The standard InChI is InChI=1S/C11H8ClFN4O/c12-8-9(6-1-2-14-7(13)5-6)16-17-4-3-15-11(18)10(8)17/h1-2,5H,3-4H2,(H,15,18). The van der Waals surface area contributed by atoms with Crippen molar-refractivity contribution >= 4 is 17.5 Å². The van der Waals surface area contributed by atoms with E-state index in [4.69, 9.17) is 11.6 Å². The maximum absolute atomic E-state index is 13.1. The highest BCUT2D eigenvalue weighted by Gasteiger charge is 2.25. The molecule has 1 aliphatic heterocycles. The van der Waals surface area contributed by atoms with E-state index in [0.717, 1.165) is 0 Å². The molecule has 0 saturated heterocycles. The van der Waals surface area contributed by atoms with E-state index in [1.165, 1.54) is 16.9 Å². The summed E-state index contributed by atoms with van der Waals surface area (Å²) in [7, 11) is 0. The molecule has 2 aromatic heterocycles. The highest BCUT2D eigenvalue weighted by Crippen LogP contribution is 2.30. The van der Waals surface area contributed by atoms with Crippen molar-refractivity contribution in [1.82, 2.24) is 20.1 Å². The lowest BCUT2D eigenvalue weighted by atomic mass is 10.2. The van der Waals surface area contributed by atoms with Gasteiger partial charge >= 0.3 is 0 Å². The summed E-state index contributed by atoms with van der Waals surface area (Å²) >= 11 is 6.14. The van der Waals surface area contributed by atoms with Gasteiger partial charge in [0.25, 0.3) is 5.91 Å².